The number of ketones is 2. The molecule has 1 aliphatic heterocycles. The third kappa shape index (κ3) is 5.99. The Kier molecular flexibility index (Phi) is 9.62. The van der Waals surface area contributed by atoms with Crippen LogP contribution in [-0.4, -0.2) is 83.0 Å². The van der Waals surface area contributed by atoms with E-state index in [4.69, 9.17) is 23.7 Å². The average molecular weight is 730 g/mol. The van der Waals surface area contributed by atoms with E-state index in [2.05, 4.69) is 4.84 Å². The largest absolute Gasteiger partial charge is 0.514 e. The smallest absolute Gasteiger partial charge is 0.462 e. The second-order valence-electron chi connectivity index (χ2n) is 15.3. The summed E-state index contributed by atoms with van der Waals surface area (Å²) in [7, 11) is 0. The summed E-state index contributed by atoms with van der Waals surface area (Å²) in [6, 6.07) is 4.22. The second-order valence-corrected chi connectivity index (χ2v) is 15.3. The van der Waals surface area contributed by atoms with E-state index in [1.165, 1.54) is 30.4 Å². The van der Waals surface area contributed by atoms with Gasteiger partial charge < -0.3 is 33.6 Å². The Morgan fingerprint density at radius 1 is 1.10 bits per heavy atom. The van der Waals surface area contributed by atoms with Crippen molar-refractivity contribution in [3.05, 3.63) is 63.2 Å². The predicted molar refractivity (Wildman–Crippen MR) is 177 cm³/mol. The summed E-state index contributed by atoms with van der Waals surface area (Å²) < 4.78 is 46.3. The first-order chi connectivity index (χ1) is 24.4. The van der Waals surface area contributed by atoms with Crippen LogP contribution < -0.4 is 4.74 Å². The molecule has 3 saturated carbocycles. The monoisotopic (exact) mass is 729 g/mol. The minimum atomic E-state index is -2.11. The molecule has 282 valence electrons. The summed E-state index contributed by atoms with van der Waals surface area (Å²) in [6.07, 6.45) is 2.53. The summed E-state index contributed by atoms with van der Waals surface area (Å²) in [5, 5.41) is 21.1. The van der Waals surface area contributed by atoms with Crippen LogP contribution in [-0.2, 0) is 33.4 Å². The van der Waals surface area contributed by atoms with Gasteiger partial charge in [-0.1, -0.05) is 18.6 Å². The first-order valence-corrected chi connectivity index (χ1v) is 17.5. The van der Waals surface area contributed by atoms with Crippen LogP contribution in [0.5, 0.6) is 5.75 Å². The number of alkyl halides is 1. The molecular formula is C37H44FNO13. The molecule has 0 bridgehead atoms. The molecule has 8 atom stereocenters. The SMILES string of the molecule is Cc1cc(C(=O)OCCCCO[N+](=O)[O-])ccc1OC(=O)OCC(=O)[C@@]12OC(C)(C)O[C@@H]1CC1C3CCC4=CC(=O)C=C[C@]4(C)[C@@]3(F)[C@@H](O)C[C@@]12C. The Morgan fingerprint density at radius 2 is 1.83 bits per heavy atom. The van der Waals surface area contributed by atoms with Gasteiger partial charge in [-0.2, -0.15) is 0 Å². The van der Waals surface area contributed by atoms with E-state index in [1.54, 1.807) is 33.8 Å². The van der Waals surface area contributed by atoms with Gasteiger partial charge in [0.15, 0.2) is 29.4 Å². The van der Waals surface area contributed by atoms with Gasteiger partial charge in [0.2, 0.25) is 5.78 Å². The quantitative estimate of drug-likeness (QED) is 0.104. The standard InChI is InChI=1S/C37H44FNO13/c1-21-16-22(31(43)47-14-6-7-15-49-39(45)46)8-11-27(21)50-32(44)48-20-29(42)37-30(51-33(2,3)52-37)18-26-25-10-9-23-17-24(40)12-13-34(23,4)36(25,38)28(41)19-35(26,37)5/h8,11-13,16-17,25-26,28,30,41H,6-7,9-10,14-15,18-20H2,1-5H3/t25?,26?,28-,30+,34-,35-,36-,37+/m0/s1. The average Bonchev–Trinajstić information content (AvgIpc) is 3.48. The number of hydrogen-bond acceptors (Lipinski definition) is 13. The highest BCUT2D eigenvalue weighted by molar-refractivity contribution is 6.01. The van der Waals surface area contributed by atoms with Crippen molar-refractivity contribution in [2.45, 2.75) is 102 Å². The highest BCUT2D eigenvalue weighted by Crippen LogP contribution is 2.72. The fourth-order valence-electron chi connectivity index (χ4n) is 9.64. The fourth-order valence-corrected chi connectivity index (χ4v) is 9.64. The third-order valence-electron chi connectivity index (χ3n) is 11.9. The zero-order chi connectivity index (χ0) is 37.9. The van der Waals surface area contributed by atoms with Crippen molar-refractivity contribution >= 4 is 23.7 Å². The molecule has 5 aliphatic rings. The molecule has 0 aromatic heterocycles. The Hall–Kier alpha value is -4.21. The highest BCUT2D eigenvalue weighted by atomic mass is 19.1. The molecule has 15 heteroatoms. The number of aliphatic hydroxyl groups is 1. The van der Waals surface area contributed by atoms with Crippen molar-refractivity contribution in [3.63, 3.8) is 0 Å². The lowest BCUT2D eigenvalue weighted by Gasteiger charge is -2.62. The van der Waals surface area contributed by atoms with Crippen molar-refractivity contribution in [3.8, 4) is 5.75 Å². The van der Waals surface area contributed by atoms with E-state index in [1.807, 2.05) is 6.92 Å². The van der Waals surface area contributed by atoms with E-state index in [-0.39, 0.29) is 43.2 Å². The van der Waals surface area contributed by atoms with E-state index in [9.17, 15) is 34.4 Å². The predicted octanol–water partition coefficient (Wildman–Crippen LogP) is 5.10. The fraction of sp³-hybridized carbons (Fsp3) is 0.622. The number of hydrogen-bond donors (Lipinski definition) is 1. The maximum Gasteiger partial charge on any atom is 0.514 e. The van der Waals surface area contributed by atoms with Gasteiger partial charge in [0.1, 0.15) is 5.75 Å². The topological polar surface area (TPSA) is 187 Å². The van der Waals surface area contributed by atoms with Gasteiger partial charge in [-0.15, -0.1) is 10.1 Å². The number of ether oxygens (including phenoxy) is 5. The van der Waals surface area contributed by atoms with E-state index in [0.717, 1.165) is 0 Å². The van der Waals surface area contributed by atoms with E-state index < -0.39 is 81.5 Å². The molecule has 1 saturated heterocycles. The number of unbranched alkanes of at least 4 members (excludes halogenated alkanes) is 1. The molecule has 52 heavy (non-hydrogen) atoms. The molecule has 4 fully saturated rings. The second kappa shape index (κ2) is 13.3. The molecule has 0 radical (unpaired) electrons. The molecule has 14 nitrogen and oxygen atoms in total. The zero-order valence-electron chi connectivity index (χ0n) is 29.8. The number of esters is 1. The van der Waals surface area contributed by atoms with Crippen LogP contribution in [0.25, 0.3) is 0 Å². The number of carbonyl (C=O) groups excluding carboxylic acids is 4. The van der Waals surface area contributed by atoms with E-state index >= 15 is 4.39 Å². The number of allylic oxidation sites excluding steroid dienone is 4. The minimum absolute atomic E-state index is 0.0249. The van der Waals surface area contributed by atoms with Gasteiger partial charge in [0, 0.05) is 16.7 Å². The number of aryl methyl sites for hydroxylation is 1. The van der Waals surface area contributed by atoms with E-state index in [0.29, 0.717) is 36.8 Å². The number of rotatable bonds is 11. The van der Waals surface area contributed by atoms with Crippen molar-refractivity contribution in [2.75, 3.05) is 19.8 Å². The molecule has 1 aromatic rings. The van der Waals surface area contributed by atoms with Crippen LogP contribution in [0.2, 0.25) is 0 Å². The Bertz CT molecular complexity index is 1740. The van der Waals surface area contributed by atoms with Crippen LogP contribution in [0.15, 0.2) is 42.0 Å². The summed E-state index contributed by atoms with van der Waals surface area (Å²) >= 11 is 0. The van der Waals surface area contributed by atoms with Gasteiger partial charge >= 0.3 is 12.1 Å². The molecule has 1 N–H and O–H groups in total. The van der Waals surface area contributed by atoms with Gasteiger partial charge in [-0.05, 0) is 108 Å². The normalized spacial score (nSPS) is 35.3. The Labute approximate surface area is 299 Å². The van der Waals surface area contributed by atoms with Crippen molar-refractivity contribution in [2.24, 2.45) is 22.7 Å². The number of nitrogens with zero attached hydrogens (tertiary/aromatic N) is 1. The lowest BCUT2D eigenvalue weighted by atomic mass is 9.44. The van der Waals surface area contributed by atoms with Crippen LogP contribution in [0.1, 0.15) is 82.1 Å². The van der Waals surface area contributed by atoms with Crippen LogP contribution in [0, 0.1) is 39.7 Å². The summed E-state index contributed by atoms with van der Waals surface area (Å²) in [4.78, 5) is 66.3. The van der Waals surface area contributed by atoms with Crippen molar-refractivity contribution in [1.82, 2.24) is 0 Å². The molecule has 0 spiro atoms. The van der Waals surface area contributed by atoms with Gasteiger partial charge in [-0.25, -0.2) is 14.0 Å². The number of carbonyl (C=O) groups is 4. The van der Waals surface area contributed by atoms with Crippen LogP contribution in [0.4, 0.5) is 9.18 Å². The number of Topliss-reactive ketones (excluding diaryl/α,β-unsaturated/α-hetero) is 1. The lowest BCUT2D eigenvalue weighted by molar-refractivity contribution is -0.757. The van der Waals surface area contributed by atoms with Crippen LogP contribution in [0.3, 0.4) is 0 Å². The van der Waals surface area contributed by atoms with Crippen molar-refractivity contribution < 1.29 is 62.3 Å². The Balaban J connectivity index is 1.13. The molecular weight excluding hydrogens is 685 g/mol. The molecule has 0 amide bonds. The molecule has 1 heterocycles. The maximum absolute atomic E-state index is 17.6. The highest BCUT2D eigenvalue weighted by Gasteiger charge is 2.80. The van der Waals surface area contributed by atoms with Gasteiger partial charge in [0.25, 0.3) is 5.09 Å². The molecule has 2 unspecified atom stereocenters. The van der Waals surface area contributed by atoms with Gasteiger partial charge in [-0.3, -0.25) is 9.59 Å². The number of aliphatic hydroxyl groups excluding tert-OH is 1. The third-order valence-corrected chi connectivity index (χ3v) is 11.9. The number of benzene rings is 1. The van der Waals surface area contributed by atoms with Gasteiger partial charge in [0.05, 0.1) is 31.0 Å². The maximum atomic E-state index is 17.6. The molecule has 1 aromatic carbocycles. The van der Waals surface area contributed by atoms with Crippen LogP contribution >= 0.6 is 0 Å². The minimum Gasteiger partial charge on any atom is -0.462 e. The Morgan fingerprint density at radius 3 is 2.54 bits per heavy atom. The summed E-state index contributed by atoms with van der Waals surface area (Å²) in [5.74, 6) is -3.71. The number of fused-ring (bicyclic) bond motifs is 7. The zero-order valence-corrected chi connectivity index (χ0v) is 29.8. The van der Waals surface area contributed by atoms with Crippen molar-refractivity contribution in [1.29, 1.82) is 0 Å². The number of halogens is 1. The summed E-state index contributed by atoms with van der Waals surface area (Å²) in [5.41, 5.74) is -4.87. The molecule has 4 aliphatic carbocycles. The first kappa shape index (κ1) is 37.5. The summed E-state index contributed by atoms with van der Waals surface area (Å²) in [6.45, 7) is 7.65. The first-order valence-electron chi connectivity index (χ1n) is 17.5. The lowest BCUT2D eigenvalue weighted by Crippen LogP contribution is -2.70. The molecule has 6 rings (SSSR count).